The standard InChI is InChI=1S/C31H30F4N2O5S/c1-16-9-17(2)11-20(10-16)23-14-24(26(42-3)15-25(23)32)29(38)37-28-19-8-7-18(12-19)27(28)30(39)36-21-5-4-6-22(13-21)43(40,41)31(33,34)35/h4-6,9-11,13-15,18-19,27-28H,7-8,12H2,1-3H3,(H,36,39)(H,37,38)/t18-,19+,27+,28-/m1/s1. The molecule has 43 heavy (non-hydrogen) atoms. The molecule has 2 amide bonds. The summed E-state index contributed by atoms with van der Waals surface area (Å²) in [5, 5.41) is 5.50. The number of methoxy groups -OCH3 is 1. The molecule has 2 N–H and O–H groups in total. The van der Waals surface area contributed by atoms with E-state index in [-0.39, 0.29) is 34.4 Å². The second kappa shape index (κ2) is 11.3. The second-order valence-corrected chi connectivity index (χ2v) is 13.2. The van der Waals surface area contributed by atoms with Crippen molar-refractivity contribution in [3.63, 3.8) is 0 Å². The molecule has 2 fully saturated rings. The molecule has 0 spiro atoms. The number of nitrogens with one attached hydrogen (secondary N) is 2. The summed E-state index contributed by atoms with van der Waals surface area (Å²) in [6.45, 7) is 3.77. The van der Waals surface area contributed by atoms with E-state index in [0.29, 0.717) is 12.0 Å². The van der Waals surface area contributed by atoms with Crippen LogP contribution in [0.4, 0.5) is 23.2 Å². The smallest absolute Gasteiger partial charge is 0.496 e. The Bertz CT molecular complexity index is 1690. The van der Waals surface area contributed by atoms with E-state index in [0.717, 1.165) is 48.2 Å². The first kappa shape index (κ1) is 30.5. The maximum atomic E-state index is 15.1. The maximum Gasteiger partial charge on any atom is 0.501 e. The van der Waals surface area contributed by atoms with Crippen LogP contribution in [0.15, 0.2) is 59.5 Å². The van der Waals surface area contributed by atoms with E-state index < -0.39 is 49.8 Å². The zero-order valence-corrected chi connectivity index (χ0v) is 24.4. The number of ether oxygens (including phenoxy) is 1. The predicted octanol–water partition coefficient (Wildman–Crippen LogP) is 6.19. The molecular weight excluding hydrogens is 588 g/mol. The van der Waals surface area contributed by atoms with Gasteiger partial charge in [-0.15, -0.1) is 0 Å². The van der Waals surface area contributed by atoms with Gasteiger partial charge in [0.1, 0.15) is 11.6 Å². The van der Waals surface area contributed by atoms with Crippen molar-refractivity contribution < 1.29 is 40.3 Å². The number of anilines is 1. The number of sulfone groups is 1. The molecular formula is C31H30F4N2O5S. The summed E-state index contributed by atoms with van der Waals surface area (Å²) in [4.78, 5) is 26.1. The lowest BCUT2D eigenvalue weighted by Gasteiger charge is -2.31. The monoisotopic (exact) mass is 618 g/mol. The molecule has 4 atom stereocenters. The van der Waals surface area contributed by atoms with Gasteiger partial charge in [-0.25, -0.2) is 12.8 Å². The van der Waals surface area contributed by atoms with Crippen LogP contribution in [0.2, 0.25) is 0 Å². The number of alkyl halides is 3. The highest BCUT2D eigenvalue weighted by atomic mass is 32.2. The average Bonchev–Trinajstić information content (AvgIpc) is 3.53. The van der Waals surface area contributed by atoms with Crippen LogP contribution in [0.3, 0.4) is 0 Å². The van der Waals surface area contributed by atoms with Crippen molar-refractivity contribution in [2.45, 2.75) is 49.6 Å². The van der Waals surface area contributed by atoms with Crippen LogP contribution in [0.25, 0.3) is 11.1 Å². The topological polar surface area (TPSA) is 102 Å². The molecule has 3 aromatic rings. The van der Waals surface area contributed by atoms with Crippen molar-refractivity contribution in [1.29, 1.82) is 0 Å². The van der Waals surface area contributed by atoms with Crippen LogP contribution in [0, 0.1) is 37.4 Å². The number of carbonyl (C=O) groups is 2. The summed E-state index contributed by atoms with van der Waals surface area (Å²) in [6.07, 6.45) is 2.17. The van der Waals surface area contributed by atoms with Gasteiger partial charge < -0.3 is 15.4 Å². The van der Waals surface area contributed by atoms with E-state index in [1.165, 1.54) is 19.2 Å². The average molecular weight is 619 g/mol. The fourth-order valence-electron chi connectivity index (χ4n) is 6.46. The number of halogens is 4. The first-order chi connectivity index (χ1) is 20.2. The van der Waals surface area contributed by atoms with Crippen LogP contribution < -0.4 is 15.4 Å². The Labute approximate surface area is 246 Å². The second-order valence-electron chi connectivity index (χ2n) is 11.2. The first-order valence-electron chi connectivity index (χ1n) is 13.7. The van der Waals surface area contributed by atoms with E-state index in [1.807, 2.05) is 32.0 Å². The lowest BCUT2D eigenvalue weighted by atomic mass is 9.83. The molecule has 0 heterocycles. The van der Waals surface area contributed by atoms with Gasteiger partial charge in [-0.05, 0) is 74.8 Å². The third-order valence-electron chi connectivity index (χ3n) is 8.30. The molecule has 228 valence electrons. The van der Waals surface area contributed by atoms with E-state index in [2.05, 4.69) is 10.6 Å². The predicted molar refractivity (Wildman–Crippen MR) is 152 cm³/mol. The fraction of sp³-hybridized carbons (Fsp3) is 0.355. The van der Waals surface area contributed by atoms with Crippen LogP contribution >= 0.6 is 0 Å². The van der Waals surface area contributed by atoms with Gasteiger partial charge in [-0.2, -0.15) is 13.2 Å². The fourth-order valence-corrected chi connectivity index (χ4v) is 7.27. The number of aryl methyl sites for hydroxylation is 2. The molecule has 12 heteroatoms. The minimum absolute atomic E-state index is 0.0213. The van der Waals surface area contributed by atoms with Crippen LogP contribution in [0.5, 0.6) is 5.75 Å². The molecule has 0 aromatic heterocycles. The van der Waals surface area contributed by atoms with Crippen molar-refractivity contribution in [2.24, 2.45) is 17.8 Å². The number of benzene rings is 3. The highest BCUT2D eigenvalue weighted by Gasteiger charge is 2.52. The number of hydrogen-bond acceptors (Lipinski definition) is 5. The minimum Gasteiger partial charge on any atom is -0.496 e. The zero-order valence-electron chi connectivity index (χ0n) is 23.6. The number of carbonyl (C=O) groups excluding carboxylic acids is 2. The normalized spacial score (nSPS) is 21.5. The molecule has 7 nitrogen and oxygen atoms in total. The summed E-state index contributed by atoms with van der Waals surface area (Å²) in [5.74, 6) is -2.46. The SMILES string of the molecule is COc1cc(F)c(-c2cc(C)cc(C)c2)cc1C(=O)N[C@@H]1[C@H]2CC[C@H](C2)[C@@H]1C(=O)Nc1cccc(S(=O)(=O)C(F)(F)F)c1. The van der Waals surface area contributed by atoms with Crippen LogP contribution in [-0.2, 0) is 14.6 Å². The van der Waals surface area contributed by atoms with Crippen molar-refractivity contribution in [3.05, 3.63) is 77.1 Å². The largest absolute Gasteiger partial charge is 0.501 e. The summed E-state index contributed by atoms with van der Waals surface area (Å²) in [5.41, 5.74) is -2.85. The molecule has 0 aliphatic heterocycles. The summed E-state index contributed by atoms with van der Waals surface area (Å²) in [7, 11) is -4.28. The van der Waals surface area contributed by atoms with Crippen molar-refractivity contribution >= 4 is 27.3 Å². The van der Waals surface area contributed by atoms with Crippen LogP contribution in [0.1, 0.15) is 40.7 Å². The summed E-state index contributed by atoms with van der Waals surface area (Å²) >= 11 is 0. The zero-order chi connectivity index (χ0) is 31.3. The van der Waals surface area contributed by atoms with Gasteiger partial charge in [-0.3, -0.25) is 9.59 Å². The van der Waals surface area contributed by atoms with Gasteiger partial charge in [-0.1, -0.05) is 35.4 Å². The van der Waals surface area contributed by atoms with E-state index >= 15 is 4.39 Å². The lowest BCUT2D eigenvalue weighted by Crippen LogP contribution is -2.48. The molecule has 0 unspecified atom stereocenters. The van der Waals surface area contributed by atoms with Gasteiger partial charge in [0, 0.05) is 23.4 Å². The molecule has 2 aliphatic rings. The Morgan fingerprint density at radius 1 is 0.953 bits per heavy atom. The molecule has 3 aromatic carbocycles. The number of fused-ring (bicyclic) bond motifs is 2. The maximum absolute atomic E-state index is 15.1. The van der Waals surface area contributed by atoms with Gasteiger partial charge >= 0.3 is 5.51 Å². The Balaban J connectivity index is 1.41. The number of rotatable bonds is 7. The highest BCUT2D eigenvalue weighted by molar-refractivity contribution is 7.92. The van der Waals surface area contributed by atoms with Gasteiger partial charge in [0.05, 0.1) is 23.5 Å². The molecule has 2 bridgehead atoms. The third kappa shape index (κ3) is 5.84. The summed E-state index contributed by atoms with van der Waals surface area (Å²) in [6, 6.07) is 11.5. The molecule has 0 radical (unpaired) electrons. The third-order valence-corrected chi connectivity index (χ3v) is 9.78. The molecule has 2 aliphatic carbocycles. The minimum atomic E-state index is -5.60. The first-order valence-corrected chi connectivity index (χ1v) is 15.2. The van der Waals surface area contributed by atoms with Crippen molar-refractivity contribution in [2.75, 3.05) is 12.4 Å². The Hall–Kier alpha value is -3.93. The Morgan fingerprint density at radius 3 is 2.28 bits per heavy atom. The molecule has 0 saturated heterocycles. The summed E-state index contributed by atoms with van der Waals surface area (Å²) < 4.78 is 83.4. The lowest BCUT2D eigenvalue weighted by molar-refractivity contribution is -0.122. The highest BCUT2D eigenvalue weighted by Crippen LogP contribution is 2.49. The van der Waals surface area contributed by atoms with Crippen LogP contribution in [-0.4, -0.2) is 38.9 Å². The van der Waals surface area contributed by atoms with Crippen molar-refractivity contribution in [3.8, 4) is 16.9 Å². The molecule has 5 rings (SSSR count). The van der Waals surface area contributed by atoms with E-state index in [4.69, 9.17) is 4.74 Å². The Kier molecular flexibility index (Phi) is 8.02. The van der Waals surface area contributed by atoms with Gasteiger partial charge in [0.15, 0.2) is 0 Å². The van der Waals surface area contributed by atoms with Gasteiger partial charge in [0.25, 0.3) is 15.7 Å². The van der Waals surface area contributed by atoms with Crippen molar-refractivity contribution in [1.82, 2.24) is 5.32 Å². The van der Waals surface area contributed by atoms with Gasteiger partial charge in [0.2, 0.25) is 5.91 Å². The quantitative estimate of drug-likeness (QED) is 0.308. The Morgan fingerprint density at radius 2 is 1.63 bits per heavy atom. The number of hydrogen-bond donors (Lipinski definition) is 2. The molecule has 2 saturated carbocycles. The van der Waals surface area contributed by atoms with E-state index in [1.54, 1.807) is 0 Å². The number of amides is 2. The van der Waals surface area contributed by atoms with E-state index in [9.17, 15) is 31.2 Å².